The van der Waals surface area contributed by atoms with Crippen LogP contribution < -0.4 is 10.1 Å². The van der Waals surface area contributed by atoms with Crippen molar-refractivity contribution in [2.75, 3.05) is 33.3 Å². The summed E-state index contributed by atoms with van der Waals surface area (Å²) in [4.78, 5) is 14.9. The molecule has 0 spiro atoms. The van der Waals surface area contributed by atoms with Gasteiger partial charge in [0.25, 0.3) is 0 Å². The van der Waals surface area contributed by atoms with Crippen LogP contribution in [-0.4, -0.2) is 62.9 Å². The van der Waals surface area contributed by atoms with Crippen LogP contribution in [0.3, 0.4) is 0 Å². The van der Waals surface area contributed by atoms with E-state index in [2.05, 4.69) is 5.32 Å². The van der Waals surface area contributed by atoms with Crippen molar-refractivity contribution in [3.63, 3.8) is 0 Å². The van der Waals surface area contributed by atoms with Crippen molar-refractivity contribution in [2.45, 2.75) is 24.4 Å². The number of benzene rings is 2. The summed E-state index contributed by atoms with van der Waals surface area (Å²) < 4.78 is 32.3. The number of carbonyl (C=O) groups is 1. The third-order valence-corrected chi connectivity index (χ3v) is 7.14. The highest BCUT2D eigenvalue weighted by Gasteiger charge is 2.31. The molecule has 0 radical (unpaired) electrons. The molecule has 1 aliphatic rings. The van der Waals surface area contributed by atoms with Gasteiger partial charge in [-0.2, -0.15) is 4.31 Å². The van der Waals surface area contributed by atoms with Crippen LogP contribution in [0.2, 0.25) is 0 Å². The Labute approximate surface area is 172 Å². The van der Waals surface area contributed by atoms with Crippen LogP contribution in [0.5, 0.6) is 5.75 Å². The summed E-state index contributed by atoms with van der Waals surface area (Å²) in [5.74, 6) is 0.649. The maximum atomic E-state index is 12.7. The first kappa shape index (κ1) is 21.3. The second-order valence-electron chi connectivity index (χ2n) is 6.96. The van der Waals surface area contributed by atoms with E-state index in [1.54, 1.807) is 37.4 Å². The van der Waals surface area contributed by atoms with Gasteiger partial charge in [0.15, 0.2) is 0 Å². The van der Waals surface area contributed by atoms with E-state index in [4.69, 9.17) is 4.74 Å². The average molecular weight is 418 g/mol. The molecule has 1 amide bonds. The summed E-state index contributed by atoms with van der Waals surface area (Å²) in [7, 11) is -1.89. The Morgan fingerprint density at radius 2 is 1.66 bits per heavy atom. The first-order valence-electron chi connectivity index (χ1n) is 9.62. The molecule has 0 aliphatic carbocycles. The molecule has 1 aliphatic heterocycles. The monoisotopic (exact) mass is 417 g/mol. The van der Waals surface area contributed by atoms with Gasteiger partial charge in [-0.25, -0.2) is 8.42 Å². The van der Waals surface area contributed by atoms with Crippen LogP contribution >= 0.6 is 0 Å². The maximum Gasteiger partial charge on any atom is 0.243 e. The quantitative estimate of drug-likeness (QED) is 0.742. The Bertz CT molecular complexity index is 926. The Hall–Kier alpha value is -2.42. The zero-order valence-electron chi connectivity index (χ0n) is 16.7. The van der Waals surface area contributed by atoms with E-state index >= 15 is 0 Å². The fraction of sp³-hybridized carbons (Fsp3) is 0.381. The van der Waals surface area contributed by atoms with Gasteiger partial charge in [0, 0.05) is 38.3 Å². The number of hydrogen-bond donors (Lipinski definition) is 1. The van der Waals surface area contributed by atoms with Crippen molar-refractivity contribution in [1.82, 2.24) is 14.5 Å². The van der Waals surface area contributed by atoms with E-state index in [0.29, 0.717) is 37.6 Å². The number of piperazine rings is 1. The highest BCUT2D eigenvalue weighted by molar-refractivity contribution is 7.89. The summed E-state index contributed by atoms with van der Waals surface area (Å²) in [6, 6.07) is 15.7. The van der Waals surface area contributed by atoms with E-state index in [0.717, 1.165) is 11.3 Å². The molecule has 1 fully saturated rings. The van der Waals surface area contributed by atoms with Gasteiger partial charge in [-0.3, -0.25) is 9.69 Å². The number of nitrogens with one attached hydrogen (secondary N) is 1. The first-order chi connectivity index (χ1) is 13.9. The molecule has 3 rings (SSSR count). The second kappa shape index (κ2) is 9.39. The van der Waals surface area contributed by atoms with Gasteiger partial charge < -0.3 is 10.1 Å². The molecule has 0 aromatic heterocycles. The maximum absolute atomic E-state index is 12.7. The zero-order chi connectivity index (χ0) is 20.9. The number of sulfonamides is 1. The minimum atomic E-state index is -3.49. The smallest absolute Gasteiger partial charge is 0.243 e. The van der Waals surface area contributed by atoms with E-state index in [-0.39, 0.29) is 11.9 Å². The molecular weight excluding hydrogens is 390 g/mol. The summed E-state index contributed by atoms with van der Waals surface area (Å²) in [6.45, 7) is 3.97. The third kappa shape index (κ3) is 4.95. The van der Waals surface area contributed by atoms with Gasteiger partial charge in [-0.15, -0.1) is 0 Å². The Morgan fingerprint density at radius 1 is 1.03 bits per heavy atom. The Morgan fingerprint density at radius 3 is 2.31 bits per heavy atom. The van der Waals surface area contributed by atoms with Gasteiger partial charge in [0.1, 0.15) is 5.75 Å². The summed E-state index contributed by atoms with van der Waals surface area (Å²) in [5, 5.41) is 2.95. The Balaban J connectivity index is 1.54. The lowest BCUT2D eigenvalue weighted by Gasteiger charge is -2.36. The summed E-state index contributed by atoms with van der Waals surface area (Å²) in [5.41, 5.74) is 0.911. The molecule has 156 valence electrons. The summed E-state index contributed by atoms with van der Waals surface area (Å²) >= 11 is 0. The molecule has 0 bridgehead atoms. The highest BCUT2D eigenvalue weighted by Crippen LogP contribution is 2.19. The van der Waals surface area contributed by atoms with Crippen LogP contribution in [0.4, 0.5) is 0 Å². The van der Waals surface area contributed by atoms with Crippen molar-refractivity contribution >= 4 is 15.9 Å². The van der Waals surface area contributed by atoms with E-state index in [9.17, 15) is 13.2 Å². The zero-order valence-corrected chi connectivity index (χ0v) is 17.6. The minimum Gasteiger partial charge on any atom is -0.496 e. The Kier molecular flexibility index (Phi) is 6.89. The first-order valence-corrected chi connectivity index (χ1v) is 11.1. The predicted molar refractivity (Wildman–Crippen MR) is 111 cm³/mol. The molecule has 2 aromatic rings. The van der Waals surface area contributed by atoms with Gasteiger partial charge in [-0.1, -0.05) is 36.4 Å². The van der Waals surface area contributed by atoms with Crippen molar-refractivity contribution in [2.24, 2.45) is 0 Å². The lowest BCUT2D eigenvalue weighted by Crippen LogP contribution is -2.54. The summed E-state index contributed by atoms with van der Waals surface area (Å²) in [6.07, 6.45) is 0. The van der Waals surface area contributed by atoms with Crippen LogP contribution in [0.1, 0.15) is 12.5 Å². The van der Waals surface area contributed by atoms with Crippen molar-refractivity contribution in [3.8, 4) is 5.75 Å². The van der Waals surface area contributed by atoms with Crippen LogP contribution in [0.15, 0.2) is 59.5 Å². The van der Waals surface area contributed by atoms with Gasteiger partial charge in [0.2, 0.25) is 15.9 Å². The number of ether oxygens (including phenoxy) is 1. The fourth-order valence-electron chi connectivity index (χ4n) is 3.42. The largest absolute Gasteiger partial charge is 0.496 e. The lowest BCUT2D eigenvalue weighted by atomic mass is 10.2. The number of carbonyl (C=O) groups excluding carboxylic acids is 1. The molecule has 1 heterocycles. The van der Waals surface area contributed by atoms with E-state index in [1.807, 2.05) is 36.1 Å². The molecule has 1 N–H and O–H groups in total. The van der Waals surface area contributed by atoms with Gasteiger partial charge in [0.05, 0.1) is 18.0 Å². The molecular formula is C21H27N3O4S. The van der Waals surface area contributed by atoms with E-state index in [1.165, 1.54) is 4.31 Å². The number of hydrogen-bond acceptors (Lipinski definition) is 5. The van der Waals surface area contributed by atoms with Crippen LogP contribution in [0, 0.1) is 0 Å². The van der Waals surface area contributed by atoms with Gasteiger partial charge >= 0.3 is 0 Å². The standard InChI is InChI=1S/C21H27N3O4S/c1-17(21(25)22-16-18-8-6-7-11-20(18)28-2)23-12-14-24(15-13-23)29(26,27)19-9-4-3-5-10-19/h3-11,17H,12-16H2,1-2H3,(H,22,25)/t17-/m1/s1. The predicted octanol–water partition coefficient (Wildman–Crippen LogP) is 1.71. The molecule has 0 saturated carbocycles. The molecule has 7 nitrogen and oxygen atoms in total. The van der Waals surface area contributed by atoms with Crippen LogP contribution in [-0.2, 0) is 21.4 Å². The minimum absolute atomic E-state index is 0.0877. The van der Waals surface area contributed by atoms with Crippen LogP contribution in [0.25, 0.3) is 0 Å². The lowest BCUT2D eigenvalue weighted by molar-refractivity contribution is -0.126. The number of para-hydroxylation sites is 1. The fourth-order valence-corrected chi connectivity index (χ4v) is 4.86. The third-order valence-electron chi connectivity index (χ3n) is 5.23. The number of rotatable bonds is 7. The van der Waals surface area contributed by atoms with Crippen molar-refractivity contribution in [3.05, 3.63) is 60.2 Å². The molecule has 1 saturated heterocycles. The van der Waals surface area contributed by atoms with Gasteiger partial charge in [-0.05, 0) is 25.1 Å². The molecule has 0 unspecified atom stereocenters. The number of methoxy groups -OCH3 is 1. The SMILES string of the molecule is COc1ccccc1CNC(=O)[C@@H](C)N1CCN(S(=O)(=O)c2ccccc2)CC1. The van der Waals surface area contributed by atoms with E-state index < -0.39 is 10.0 Å². The number of amides is 1. The normalized spacial score (nSPS) is 16.9. The molecule has 29 heavy (non-hydrogen) atoms. The number of nitrogens with zero attached hydrogens (tertiary/aromatic N) is 2. The molecule has 2 aromatic carbocycles. The highest BCUT2D eigenvalue weighted by atomic mass is 32.2. The topological polar surface area (TPSA) is 79.0 Å². The molecule has 1 atom stereocenters. The second-order valence-corrected chi connectivity index (χ2v) is 8.90. The average Bonchev–Trinajstić information content (AvgIpc) is 2.77. The van der Waals surface area contributed by atoms with Crippen molar-refractivity contribution in [1.29, 1.82) is 0 Å². The van der Waals surface area contributed by atoms with Crippen molar-refractivity contribution < 1.29 is 17.9 Å². The molecule has 8 heteroatoms.